The Morgan fingerprint density at radius 1 is 1.63 bits per heavy atom. The lowest BCUT2D eigenvalue weighted by Gasteiger charge is -2.23. The number of aromatic carboxylic acids is 1. The Morgan fingerprint density at radius 3 is 3.00 bits per heavy atom. The van der Waals surface area contributed by atoms with Crippen LogP contribution in [-0.4, -0.2) is 40.2 Å². The Balaban J connectivity index is 2.20. The van der Waals surface area contributed by atoms with Gasteiger partial charge in [0.25, 0.3) is 0 Å². The maximum absolute atomic E-state index is 11.0. The Hall–Kier alpha value is -2.22. The van der Waals surface area contributed by atoms with E-state index in [1.807, 2.05) is 0 Å². The van der Waals surface area contributed by atoms with Gasteiger partial charge in [0.2, 0.25) is 0 Å². The van der Waals surface area contributed by atoms with Gasteiger partial charge >= 0.3 is 11.7 Å². The van der Waals surface area contributed by atoms with Crippen LogP contribution in [0.3, 0.4) is 0 Å². The molecule has 1 aliphatic rings. The minimum atomic E-state index is -1.35. The van der Waals surface area contributed by atoms with Crippen molar-refractivity contribution in [1.29, 1.82) is 0 Å². The van der Waals surface area contributed by atoms with Gasteiger partial charge in [-0.3, -0.25) is 10.1 Å². The van der Waals surface area contributed by atoms with Crippen LogP contribution in [-0.2, 0) is 4.74 Å². The van der Waals surface area contributed by atoms with Crippen LogP contribution in [0, 0.1) is 10.1 Å². The fourth-order valence-corrected chi connectivity index (χ4v) is 1.91. The number of ether oxygens (including phenoxy) is 1. The number of hydrogen-bond acceptors (Lipinski definition) is 6. The van der Waals surface area contributed by atoms with Gasteiger partial charge in [0, 0.05) is 12.7 Å². The Bertz CT molecular complexity index is 499. The highest BCUT2D eigenvalue weighted by molar-refractivity contribution is 5.93. The minimum absolute atomic E-state index is 0.0457. The van der Waals surface area contributed by atoms with Crippen LogP contribution in [0.1, 0.15) is 23.2 Å². The second-order valence-corrected chi connectivity index (χ2v) is 4.21. The van der Waals surface area contributed by atoms with E-state index in [-0.39, 0.29) is 11.6 Å². The van der Waals surface area contributed by atoms with Gasteiger partial charge in [-0.25, -0.2) is 9.78 Å². The average molecular weight is 267 g/mol. The lowest BCUT2D eigenvalue weighted by Crippen LogP contribution is -2.30. The van der Waals surface area contributed by atoms with Crippen molar-refractivity contribution >= 4 is 17.5 Å². The van der Waals surface area contributed by atoms with Gasteiger partial charge in [0.05, 0.1) is 17.6 Å². The number of carboxylic acids is 1. The summed E-state index contributed by atoms with van der Waals surface area (Å²) in [7, 11) is 0. The lowest BCUT2D eigenvalue weighted by molar-refractivity contribution is -0.385. The largest absolute Gasteiger partial charge is 0.477 e. The predicted molar refractivity (Wildman–Crippen MR) is 65.3 cm³/mol. The monoisotopic (exact) mass is 267 g/mol. The molecular formula is C11H13N3O5. The lowest BCUT2D eigenvalue weighted by atomic mass is 10.1. The van der Waals surface area contributed by atoms with Crippen LogP contribution in [0.5, 0.6) is 0 Å². The number of pyridine rings is 1. The first kappa shape index (κ1) is 13.2. The molecule has 0 aromatic carbocycles. The van der Waals surface area contributed by atoms with Gasteiger partial charge in [0.15, 0.2) is 0 Å². The molecular weight excluding hydrogens is 254 g/mol. The van der Waals surface area contributed by atoms with E-state index < -0.39 is 16.6 Å². The maximum atomic E-state index is 11.0. The number of anilines is 1. The SMILES string of the molecule is O=C(O)c1cc(NC2CCCOC2)ncc1[N+](=O)[O-]. The summed E-state index contributed by atoms with van der Waals surface area (Å²) in [6, 6.07) is 1.22. The number of rotatable bonds is 4. The van der Waals surface area contributed by atoms with Crippen molar-refractivity contribution in [2.45, 2.75) is 18.9 Å². The van der Waals surface area contributed by atoms with Gasteiger partial charge in [-0.05, 0) is 12.8 Å². The highest BCUT2D eigenvalue weighted by Gasteiger charge is 2.22. The van der Waals surface area contributed by atoms with Gasteiger partial charge in [-0.1, -0.05) is 0 Å². The first-order valence-electron chi connectivity index (χ1n) is 5.80. The topological polar surface area (TPSA) is 115 Å². The highest BCUT2D eigenvalue weighted by atomic mass is 16.6. The minimum Gasteiger partial charge on any atom is -0.477 e. The number of carbonyl (C=O) groups is 1. The third-order valence-corrected chi connectivity index (χ3v) is 2.82. The van der Waals surface area contributed by atoms with Crippen molar-refractivity contribution in [2.75, 3.05) is 18.5 Å². The zero-order valence-corrected chi connectivity index (χ0v) is 10.0. The van der Waals surface area contributed by atoms with Crippen molar-refractivity contribution in [3.8, 4) is 0 Å². The number of carboxylic acid groups (broad SMARTS) is 1. The molecule has 0 saturated carbocycles. The third kappa shape index (κ3) is 3.16. The molecule has 2 N–H and O–H groups in total. The molecule has 102 valence electrons. The summed E-state index contributed by atoms with van der Waals surface area (Å²) < 4.78 is 5.28. The van der Waals surface area contributed by atoms with Crippen molar-refractivity contribution in [2.24, 2.45) is 0 Å². The second-order valence-electron chi connectivity index (χ2n) is 4.21. The van der Waals surface area contributed by atoms with Crippen LogP contribution >= 0.6 is 0 Å². The third-order valence-electron chi connectivity index (χ3n) is 2.82. The molecule has 19 heavy (non-hydrogen) atoms. The van der Waals surface area contributed by atoms with E-state index in [9.17, 15) is 14.9 Å². The van der Waals surface area contributed by atoms with E-state index in [0.29, 0.717) is 19.0 Å². The molecule has 8 nitrogen and oxygen atoms in total. The quantitative estimate of drug-likeness (QED) is 0.623. The number of nitro groups is 1. The molecule has 0 aliphatic carbocycles. The molecule has 1 aromatic rings. The first-order chi connectivity index (χ1) is 9.08. The zero-order chi connectivity index (χ0) is 13.8. The van der Waals surface area contributed by atoms with Crippen LogP contribution in [0.15, 0.2) is 12.3 Å². The Morgan fingerprint density at radius 2 is 2.42 bits per heavy atom. The molecule has 1 atom stereocenters. The van der Waals surface area contributed by atoms with Crippen LogP contribution in [0.4, 0.5) is 11.5 Å². The molecule has 0 spiro atoms. The summed E-state index contributed by atoms with van der Waals surface area (Å²) in [5.74, 6) is -1.05. The number of hydrogen-bond donors (Lipinski definition) is 2. The smallest absolute Gasteiger partial charge is 0.342 e. The molecule has 8 heteroatoms. The summed E-state index contributed by atoms with van der Waals surface area (Å²) in [6.07, 6.45) is 2.76. The Kier molecular flexibility index (Phi) is 3.91. The summed E-state index contributed by atoms with van der Waals surface area (Å²) in [4.78, 5) is 24.8. The molecule has 0 amide bonds. The average Bonchev–Trinajstić information content (AvgIpc) is 2.39. The molecule has 2 rings (SSSR count). The molecule has 1 saturated heterocycles. The van der Waals surface area contributed by atoms with E-state index >= 15 is 0 Å². The second kappa shape index (κ2) is 5.61. The van der Waals surface area contributed by atoms with E-state index in [1.54, 1.807) is 0 Å². The van der Waals surface area contributed by atoms with Crippen LogP contribution in [0.25, 0.3) is 0 Å². The molecule has 1 aromatic heterocycles. The number of nitrogens with zero attached hydrogens (tertiary/aromatic N) is 2. The van der Waals surface area contributed by atoms with E-state index in [4.69, 9.17) is 9.84 Å². The fraction of sp³-hybridized carbons (Fsp3) is 0.455. The highest BCUT2D eigenvalue weighted by Crippen LogP contribution is 2.21. The van der Waals surface area contributed by atoms with Crippen molar-refractivity contribution in [3.63, 3.8) is 0 Å². The number of nitrogens with one attached hydrogen (secondary N) is 1. The van der Waals surface area contributed by atoms with Crippen molar-refractivity contribution < 1.29 is 19.6 Å². The van der Waals surface area contributed by atoms with E-state index in [2.05, 4.69) is 10.3 Å². The van der Waals surface area contributed by atoms with Gasteiger partial charge in [-0.15, -0.1) is 0 Å². The summed E-state index contributed by atoms with van der Waals surface area (Å²) in [5, 5.41) is 22.7. The predicted octanol–water partition coefficient (Wildman–Crippen LogP) is 1.28. The van der Waals surface area contributed by atoms with Gasteiger partial charge in [0.1, 0.15) is 17.6 Å². The molecule has 0 bridgehead atoms. The molecule has 0 radical (unpaired) electrons. The fourth-order valence-electron chi connectivity index (χ4n) is 1.91. The van der Waals surface area contributed by atoms with Crippen LogP contribution < -0.4 is 5.32 Å². The van der Waals surface area contributed by atoms with E-state index in [0.717, 1.165) is 19.0 Å². The normalized spacial score (nSPS) is 18.8. The maximum Gasteiger partial charge on any atom is 0.342 e. The Labute approximate surface area is 108 Å². The molecule has 2 heterocycles. The summed E-state index contributed by atoms with van der Waals surface area (Å²) >= 11 is 0. The first-order valence-corrected chi connectivity index (χ1v) is 5.80. The van der Waals surface area contributed by atoms with Crippen molar-refractivity contribution in [3.05, 3.63) is 27.9 Å². The summed E-state index contributed by atoms with van der Waals surface area (Å²) in [6.45, 7) is 1.23. The summed E-state index contributed by atoms with van der Waals surface area (Å²) in [5.41, 5.74) is -0.892. The number of aromatic nitrogens is 1. The van der Waals surface area contributed by atoms with Gasteiger partial charge < -0.3 is 15.2 Å². The molecule has 1 fully saturated rings. The van der Waals surface area contributed by atoms with Crippen LogP contribution in [0.2, 0.25) is 0 Å². The van der Waals surface area contributed by atoms with E-state index in [1.165, 1.54) is 6.07 Å². The van der Waals surface area contributed by atoms with Gasteiger partial charge in [-0.2, -0.15) is 0 Å². The van der Waals surface area contributed by atoms with Crippen molar-refractivity contribution in [1.82, 2.24) is 4.98 Å². The molecule has 1 aliphatic heterocycles. The standard InChI is InChI=1S/C11H13N3O5/c15-11(16)8-4-10(12-5-9(8)14(17)18)13-7-2-1-3-19-6-7/h4-5,7H,1-3,6H2,(H,12,13)(H,15,16). The molecule has 1 unspecified atom stereocenters. The zero-order valence-electron chi connectivity index (χ0n) is 10.0.